The van der Waals surface area contributed by atoms with Crippen molar-refractivity contribution in [2.45, 2.75) is 25.6 Å². The van der Waals surface area contributed by atoms with E-state index in [1.807, 2.05) is 0 Å². The molecule has 3 nitrogen and oxygen atoms in total. The number of hydrogen-bond donors (Lipinski definition) is 0. The first-order valence-corrected chi connectivity index (χ1v) is 6.01. The van der Waals surface area contributed by atoms with Crippen molar-refractivity contribution in [1.82, 2.24) is 4.98 Å². The molecule has 1 aromatic carbocycles. The molecule has 0 N–H and O–H groups in total. The molecule has 1 aliphatic heterocycles. The van der Waals surface area contributed by atoms with Crippen LogP contribution in [-0.4, -0.2) is 16.8 Å². The van der Waals surface area contributed by atoms with E-state index in [4.69, 9.17) is 4.74 Å². The normalized spacial score (nSPS) is 16.9. The number of benzene rings is 1. The quantitative estimate of drug-likeness (QED) is 0.727. The van der Waals surface area contributed by atoms with Gasteiger partial charge in [-0.3, -0.25) is 9.98 Å². The minimum atomic E-state index is -4.47. The summed E-state index contributed by atoms with van der Waals surface area (Å²) < 4.78 is 45.2. The van der Waals surface area contributed by atoms with Gasteiger partial charge in [0.15, 0.2) is 5.75 Å². The van der Waals surface area contributed by atoms with Crippen LogP contribution in [0.2, 0.25) is 0 Å². The Hall–Kier alpha value is -2.11. The van der Waals surface area contributed by atoms with Crippen molar-refractivity contribution in [3.63, 3.8) is 0 Å². The molecule has 2 heterocycles. The van der Waals surface area contributed by atoms with Crippen molar-refractivity contribution in [1.29, 1.82) is 0 Å². The number of nitrogens with zero attached hydrogens (tertiary/aromatic N) is 2. The minimum absolute atomic E-state index is 0.0394. The lowest BCUT2D eigenvalue weighted by Crippen LogP contribution is -2.32. The van der Waals surface area contributed by atoms with Crippen molar-refractivity contribution in [3.8, 4) is 5.75 Å². The molecule has 0 saturated carbocycles. The van der Waals surface area contributed by atoms with Crippen molar-refractivity contribution < 1.29 is 17.9 Å². The fourth-order valence-electron chi connectivity index (χ4n) is 2.16. The Morgan fingerprint density at radius 1 is 1.15 bits per heavy atom. The van der Waals surface area contributed by atoms with Gasteiger partial charge >= 0.3 is 6.18 Å². The van der Waals surface area contributed by atoms with Crippen LogP contribution in [0.25, 0.3) is 10.9 Å². The molecule has 3 rings (SSSR count). The second kappa shape index (κ2) is 3.94. The van der Waals surface area contributed by atoms with Crippen LogP contribution in [0.5, 0.6) is 5.75 Å². The fourth-order valence-corrected chi connectivity index (χ4v) is 2.16. The summed E-state index contributed by atoms with van der Waals surface area (Å²) in [5, 5.41) is -0.0394. The van der Waals surface area contributed by atoms with Gasteiger partial charge in [0, 0.05) is 12.4 Å². The summed E-state index contributed by atoms with van der Waals surface area (Å²) >= 11 is 0. The number of alkyl halides is 3. The summed E-state index contributed by atoms with van der Waals surface area (Å²) in [5.74, 6) is 0.135. The molecular weight excluding hydrogens is 269 g/mol. The molecule has 0 radical (unpaired) electrons. The van der Waals surface area contributed by atoms with E-state index in [1.54, 1.807) is 26.1 Å². The maximum Gasteiger partial charge on any atom is 0.417 e. The highest BCUT2D eigenvalue weighted by atomic mass is 19.4. The number of fused-ring (bicyclic) bond motifs is 3. The highest BCUT2D eigenvalue weighted by molar-refractivity contribution is 5.95. The monoisotopic (exact) mass is 280 g/mol. The van der Waals surface area contributed by atoms with Crippen LogP contribution in [0.1, 0.15) is 19.4 Å². The minimum Gasteiger partial charge on any atom is -0.479 e. The van der Waals surface area contributed by atoms with Crippen LogP contribution in [0.15, 0.2) is 29.4 Å². The SMILES string of the molecule is CC1(C)C=Nc2ccc3nccc(C(F)(F)F)c3c2O1. The Bertz CT molecular complexity index is 720. The second-order valence-corrected chi connectivity index (χ2v) is 5.13. The zero-order chi connectivity index (χ0) is 14.5. The number of halogens is 3. The van der Waals surface area contributed by atoms with Gasteiger partial charge in [-0.15, -0.1) is 0 Å². The number of aliphatic imine (C=N–C) groups is 1. The molecular formula is C14H11F3N2O. The Balaban J connectivity index is 2.38. The maximum absolute atomic E-state index is 13.2. The van der Waals surface area contributed by atoms with E-state index >= 15 is 0 Å². The fraction of sp³-hybridized carbons (Fsp3) is 0.286. The number of pyridine rings is 1. The molecule has 0 amide bonds. The van der Waals surface area contributed by atoms with E-state index in [1.165, 1.54) is 6.07 Å². The predicted octanol–water partition coefficient (Wildman–Crippen LogP) is 4.13. The summed E-state index contributed by atoms with van der Waals surface area (Å²) in [6.07, 6.45) is -1.75. The van der Waals surface area contributed by atoms with E-state index in [0.717, 1.165) is 12.3 Å². The van der Waals surface area contributed by atoms with Crippen LogP contribution in [-0.2, 0) is 6.18 Å². The van der Waals surface area contributed by atoms with Crippen molar-refractivity contribution in [3.05, 3.63) is 30.0 Å². The highest BCUT2D eigenvalue weighted by Crippen LogP contribution is 2.45. The topological polar surface area (TPSA) is 34.5 Å². The standard InChI is InChI=1S/C14H11F3N2O/c1-13(2)7-19-10-4-3-9-11(12(10)20-13)8(5-6-18-9)14(15,16)17/h3-7H,1-2H3. The summed E-state index contributed by atoms with van der Waals surface area (Å²) in [4.78, 5) is 8.15. The highest BCUT2D eigenvalue weighted by Gasteiger charge is 2.36. The van der Waals surface area contributed by atoms with Crippen molar-refractivity contribution >= 4 is 22.8 Å². The van der Waals surface area contributed by atoms with E-state index in [-0.39, 0.29) is 16.7 Å². The summed E-state index contributed by atoms with van der Waals surface area (Å²) in [7, 11) is 0. The average molecular weight is 280 g/mol. The summed E-state index contributed by atoms with van der Waals surface area (Å²) in [6.45, 7) is 3.48. The van der Waals surface area contributed by atoms with Gasteiger partial charge in [0.25, 0.3) is 0 Å². The smallest absolute Gasteiger partial charge is 0.417 e. The van der Waals surface area contributed by atoms with E-state index < -0.39 is 17.3 Å². The third kappa shape index (κ3) is 2.01. The third-order valence-electron chi connectivity index (χ3n) is 3.02. The maximum atomic E-state index is 13.2. The molecule has 0 aliphatic carbocycles. The molecule has 0 fully saturated rings. The molecule has 2 aromatic rings. The predicted molar refractivity (Wildman–Crippen MR) is 69.6 cm³/mol. The first-order valence-electron chi connectivity index (χ1n) is 6.01. The molecule has 104 valence electrons. The number of aromatic nitrogens is 1. The number of rotatable bonds is 0. The van der Waals surface area contributed by atoms with E-state index in [2.05, 4.69) is 9.98 Å². The number of hydrogen-bond acceptors (Lipinski definition) is 3. The first kappa shape index (κ1) is 12.9. The molecule has 1 aromatic heterocycles. The van der Waals surface area contributed by atoms with Gasteiger partial charge in [0.05, 0.1) is 16.5 Å². The Labute approximate surface area is 113 Å². The third-order valence-corrected chi connectivity index (χ3v) is 3.02. The van der Waals surface area contributed by atoms with Crippen LogP contribution in [0, 0.1) is 0 Å². The van der Waals surface area contributed by atoms with Crippen molar-refractivity contribution in [2.75, 3.05) is 0 Å². The van der Waals surface area contributed by atoms with Gasteiger partial charge in [-0.1, -0.05) is 0 Å². The lowest BCUT2D eigenvalue weighted by molar-refractivity contribution is -0.136. The van der Waals surface area contributed by atoms with Crippen LogP contribution < -0.4 is 4.74 Å². The Morgan fingerprint density at radius 2 is 1.90 bits per heavy atom. The van der Waals surface area contributed by atoms with Gasteiger partial charge in [-0.2, -0.15) is 13.2 Å². The molecule has 6 heteroatoms. The van der Waals surface area contributed by atoms with Gasteiger partial charge < -0.3 is 4.74 Å². The van der Waals surface area contributed by atoms with Crippen LogP contribution in [0.4, 0.5) is 18.9 Å². The molecule has 1 aliphatic rings. The Morgan fingerprint density at radius 3 is 2.60 bits per heavy atom. The lowest BCUT2D eigenvalue weighted by Gasteiger charge is -2.28. The largest absolute Gasteiger partial charge is 0.479 e. The van der Waals surface area contributed by atoms with Gasteiger partial charge in [-0.25, -0.2) is 0 Å². The zero-order valence-corrected chi connectivity index (χ0v) is 10.8. The van der Waals surface area contributed by atoms with E-state index in [0.29, 0.717) is 5.69 Å². The summed E-state index contributed by atoms with van der Waals surface area (Å²) in [6, 6.07) is 4.08. The first-order chi connectivity index (χ1) is 9.28. The molecule has 0 spiro atoms. The average Bonchev–Trinajstić information content (AvgIpc) is 2.35. The number of ether oxygens (including phenoxy) is 1. The Kier molecular flexibility index (Phi) is 2.54. The molecule has 0 bridgehead atoms. The van der Waals surface area contributed by atoms with Crippen LogP contribution in [0.3, 0.4) is 0 Å². The molecule has 0 unspecified atom stereocenters. The van der Waals surface area contributed by atoms with Crippen LogP contribution >= 0.6 is 0 Å². The molecule has 0 atom stereocenters. The zero-order valence-electron chi connectivity index (χ0n) is 10.8. The summed E-state index contributed by atoms with van der Waals surface area (Å²) in [5.41, 5.74) is -0.881. The van der Waals surface area contributed by atoms with Gasteiger partial charge in [0.1, 0.15) is 11.3 Å². The van der Waals surface area contributed by atoms with Crippen molar-refractivity contribution in [2.24, 2.45) is 4.99 Å². The molecule has 20 heavy (non-hydrogen) atoms. The van der Waals surface area contributed by atoms with E-state index in [9.17, 15) is 13.2 Å². The van der Waals surface area contributed by atoms with Gasteiger partial charge in [0.2, 0.25) is 0 Å². The molecule has 0 saturated heterocycles. The second-order valence-electron chi connectivity index (χ2n) is 5.13. The lowest BCUT2D eigenvalue weighted by atomic mass is 10.0. The van der Waals surface area contributed by atoms with Gasteiger partial charge in [-0.05, 0) is 32.0 Å².